The van der Waals surface area contributed by atoms with E-state index in [1.54, 1.807) is 19.1 Å². The second kappa shape index (κ2) is 8.13. The van der Waals surface area contributed by atoms with E-state index >= 15 is 0 Å². The molecule has 0 radical (unpaired) electrons. The van der Waals surface area contributed by atoms with Gasteiger partial charge in [0.25, 0.3) is 0 Å². The molecule has 0 heterocycles. The lowest BCUT2D eigenvalue weighted by Crippen LogP contribution is -2.45. The van der Waals surface area contributed by atoms with Gasteiger partial charge in [0, 0.05) is 5.69 Å². The van der Waals surface area contributed by atoms with Crippen molar-refractivity contribution in [1.29, 1.82) is 0 Å². The predicted octanol–water partition coefficient (Wildman–Crippen LogP) is 3.97. The summed E-state index contributed by atoms with van der Waals surface area (Å²) >= 11 is 0. The van der Waals surface area contributed by atoms with Crippen LogP contribution in [0.1, 0.15) is 36.1 Å². The summed E-state index contributed by atoms with van der Waals surface area (Å²) in [6.07, 6.45) is 1.98. The van der Waals surface area contributed by atoms with Crippen molar-refractivity contribution in [3.05, 3.63) is 58.7 Å². The normalized spacial score (nSPS) is 12.5. The summed E-state index contributed by atoms with van der Waals surface area (Å²) in [7, 11) is -3.63. The number of benzene rings is 2. The summed E-state index contributed by atoms with van der Waals surface area (Å²) in [5.74, 6) is -0.366. The van der Waals surface area contributed by atoms with Crippen LogP contribution in [0.15, 0.2) is 36.4 Å². The minimum absolute atomic E-state index is 0.366. The third-order valence-corrected chi connectivity index (χ3v) is 5.85. The summed E-state index contributed by atoms with van der Waals surface area (Å²) in [6.45, 7) is 9.49. The SMILES string of the molecule is CCc1ccc(N(C(C)C(=O)Nc2c(C)cc(C)cc2C)S(C)(=O)=O)cc1. The quantitative estimate of drug-likeness (QED) is 0.814. The van der Waals surface area contributed by atoms with E-state index < -0.39 is 16.1 Å². The van der Waals surface area contributed by atoms with Crippen molar-refractivity contribution in [2.75, 3.05) is 15.9 Å². The van der Waals surface area contributed by atoms with Crippen LogP contribution in [0.4, 0.5) is 11.4 Å². The zero-order chi connectivity index (χ0) is 20.4. The molecule has 5 nitrogen and oxygen atoms in total. The highest BCUT2D eigenvalue weighted by atomic mass is 32.2. The average Bonchev–Trinajstić information content (AvgIpc) is 2.57. The Hall–Kier alpha value is -2.34. The standard InChI is InChI=1S/C21H28N2O3S/c1-7-18-8-10-19(11-9-18)23(27(6,25)26)17(5)21(24)22-20-15(3)12-14(2)13-16(20)4/h8-13,17H,7H2,1-6H3,(H,22,24). The topological polar surface area (TPSA) is 66.5 Å². The van der Waals surface area contributed by atoms with Gasteiger partial charge in [-0.15, -0.1) is 0 Å². The zero-order valence-electron chi connectivity index (χ0n) is 16.8. The molecule has 0 aliphatic rings. The summed E-state index contributed by atoms with van der Waals surface area (Å²) in [5.41, 5.74) is 5.33. The van der Waals surface area contributed by atoms with E-state index in [-0.39, 0.29) is 5.91 Å². The van der Waals surface area contributed by atoms with Gasteiger partial charge in [-0.25, -0.2) is 8.42 Å². The number of carbonyl (C=O) groups excluding carboxylic acids is 1. The zero-order valence-corrected chi connectivity index (χ0v) is 17.6. The van der Waals surface area contributed by atoms with Crippen LogP contribution in [-0.4, -0.2) is 26.6 Å². The van der Waals surface area contributed by atoms with Gasteiger partial charge in [-0.3, -0.25) is 9.10 Å². The molecule has 0 spiro atoms. The van der Waals surface area contributed by atoms with Gasteiger partial charge in [-0.2, -0.15) is 0 Å². The highest BCUT2D eigenvalue weighted by Crippen LogP contribution is 2.25. The Morgan fingerprint density at radius 2 is 1.59 bits per heavy atom. The third-order valence-electron chi connectivity index (χ3n) is 4.61. The Balaban J connectivity index is 2.35. The van der Waals surface area contributed by atoms with Gasteiger partial charge >= 0.3 is 0 Å². The van der Waals surface area contributed by atoms with Gasteiger partial charge in [0.05, 0.1) is 11.9 Å². The number of anilines is 2. The van der Waals surface area contributed by atoms with Crippen LogP contribution in [0.3, 0.4) is 0 Å². The molecule has 1 atom stereocenters. The van der Waals surface area contributed by atoms with Gasteiger partial charge in [0.15, 0.2) is 0 Å². The molecule has 0 bridgehead atoms. The highest BCUT2D eigenvalue weighted by molar-refractivity contribution is 7.92. The first kappa shape index (κ1) is 21.0. The maximum atomic E-state index is 12.9. The predicted molar refractivity (Wildman–Crippen MR) is 112 cm³/mol. The summed E-state index contributed by atoms with van der Waals surface area (Å²) < 4.78 is 26.0. The van der Waals surface area contributed by atoms with Gasteiger partial charge in [-0.1, -0.05) is 36.8 Å². The Labute approximate surface area is 162 Å². The van der Waals surface area contributed by atoms with Crippen molar-refractivity contribution in [3.8, 4) is 0 Å². The van der Waals surface area contributed by atoms with E-state index in [0.29, 0.717) is 5.69 Å². The fourth-order valence-corrected chi connectivity index (χ4v) is 4.47. The monoisotopic (exact) mass is 388 g/mol. The van der Waals surface area contributed by atoms with E-state index in [2.05, 4.69) is 5.32 Å². The molecule has 0 saturated carbocycles. The molecule has 2 rings (SSSR count). The van der Waals surface area contributed by atoms with Gasteiger partial charge in [0.1, 0.15) is 6.04 Å². The fourth-order valence-electron chi connectivity index (χ4n) is 3.29. The smallest absolute Gasteiger partial charge is 0.248 e. The lowest BCUT2D eigenvalue weighted by atomic mass is 10.0. The molecule has 0 aliphatic carbocycles. The first-order chi connectivity index (χ1) is 12.5. The number of aryl methyl sites for hydroxylation is 4. The Bertz CT molecular complexity index is 911. The Morgan fingerprint density at radius 1 is 1.07 bits per heavy atom. The number of sulfonamides is 1. The molecule has 0 saturated heterocycles. The molecule has 1 amide bonds. The largest absolute Gasteiger partial charge is 0.324 e. The molecule has 146 valence electrons. The average molecular weight is 389 g/mol. The van der Waals surface area contributed by atoms with Crippen molar-refractivity contribution in [2.45, 2.75) is 47.1 Å². The van der Waals surface area contributed by atoms with E-state index in [0.717, 1.165) is 40.6 Å². The number of rotatable bonds is 6. The molecular weight excluding hydrogens is 360 g/mol. The molecule has 1 N–H and O–H groups in total. The lowest BCUT2D eigenvalue weighted by Gasteiger charge is -2.28. The molecule has 0 fully saturated rings. The maximum Gasteiger partial charge on any atom is 0.248 e. The van der Waals surface area contributed by atoms with Gasteiger partial charge < -0.3 is 5.32 Å². The molecule has 0 aliphatic heterocycles. The molecule has 0 aromatic heterocycles. The van der Waals surface area contributed by atoms with Crippen LogP contribution in [0.2, 0.25) is 0 Å². The number of hydrogen-bond donors (Lipinski definition) is 1. The van der Waals surface area contributed by atoms with Crippen molar-refractivity contribution in [2.24, 2.45) is 0 Å². The molecule has 6 heteroatoms. The second-order valence-electron chi connectivity index (χ2n) is 7.02. The first-order valence-corrected chi connectivity index (χ1v) is 10.9. The minimum Gasteiger partial charge on any atom is -0.324 e. The number of amides is 1. The van der Waals surface area contributed by atoms with Crippen molar-refractivity contribution in [3.63, 3.8) is 0 Å². The first-order valence-electron chi connectivity index (χ1n) is 9.01. The molecular formula is C21H28N2O3S. The van der Waals surface area contributed by atoms with Gasteiger partial charge in [-0.05, 0) is 62.9 Å². The van der Waals surface area contributed by atoms with Crippen LogP contribution in [0.25, 0.3) is 0 Å². The third kappa shape index (κ3) is 4.89. The summed E-state index contributed by atoms with van der Waals surface area (Å²) in [5, 5.41) is 2.91. The maximum absolute atomic E-state index is 12.9. The summed E-state index contributed by atoms with van der Waals surface area (Å²) in [4.78, 5) is 12.9. The van der Waals surface area contributed by atoms with E-state index in [1.165, 1.54) is 4.31 Å². The highest BCUT2D eigenvalue weighted by Gasteiger charge is 2.29. The Morgan fingerprint density at radius 3 is 2.04 bits per heavy atom. The van der Waals surface area contributed by atoms with Crippen LogP contribution >= 0.6 is 0 Å². The summed E-state index contributed by atoms with van der Waals surface area (Å²) in [6, 6.07) is 10.3. The number of nitrogens with one attached hydrogen (secondary N) is 1. The Kier molecular flexibility index (Phi) is 6.31. The lowest BCUT2D eigenvalue weighted by molar-refractivity contribution is -0.116. The number of carbonyl (C=O) groups is 1. The van der Waals surface area contributed by atoms with Crippen LogP contribution < -0.4 is 9.62 Å². The van der Waals surface area contributed by atoms with Crippen molar-refractivity contribution in [1.82, 2.24) is 0 Å². The van der Waals surface area contributed by atoms with E-state index in [4.69, 9.17) is 0 Å². The molecule has 1 unspecified atom stereocenters. The van der Waals surface area contributed by atoms with Crippen LogP contribution in [-0.2, 0) is 21.2 Å². The van der Waals surface area contributed by atoms with E-state index in [9.17, 15) is 13.2 Å². The van der Waals surface area contributed by atoms with Crippen molar-refractivity contribution >= 4 is 27.3 Å². The molecule has 2 aromatic carbocycles. The van der Waals surface area contributed by atoms with Crippen LogP contribution in [0.5, 0.6) is 0 Å². The molecule has 2 aromatic rings. The van der Waals surface area contributed by atoms with Gasteiger partial charge in [0.2, 0.25) is 15.9 Å². The number of nitrogens with zero attached hydrogens (tertiary/aromatic N) is 1. The van der Waals surface area contributed by atoms with Crippen LogP contribution in [0, 0.1) is 20.8 Å². The molecule has 27 heavy (non-hydrogen) atoms. The van der Waals surface area contributed by atoms with E-state index in [1.807, 2.05) is 52.0 Å². The fraction of sp³-hybridized carbons (Fsp3) is 0.381. The number of hydrogen-bond acceptors (Lipinski definition) is 3. The van der Waals surface area contributed by atoms with Crippen molar-refractivity contribution < 1.29 is 13.2 Å². The minimum atomic E-state index is -3.63. The second-order valence-corrected chi connectivity index (χ2v) is 8.88.